The zero-order chi connectivity index (χ0) is 20.0. The Balaban J connectivity index is 1.35. The van der Waals surface area contributed by atoms with Crippen LogP contribution >= 0.6 is 0 Å². The van der Waals surface area contributed by atoms with Gasteiger partial charge in [-0.15, -0.1) is 0 Å². The normalized spacial score (nSPS) is 19.9. The third-order valence-corrected chi connectivity index (χ3v) is 6.61. The smallest absolute Gasteiger partial charge is 0.122 e. The molecule has 0 saturated carbocycles. The minimum atomic E-state index is -0.488. The number of rotatable bonds is 5. The number of aromatic nitrogens is 1. The van der Waals surface area contributed by atoms with Crippen molar-refractivity contribution < 1.29 is 9.84 Å². The van der Waals surface area contributed by atoms with Gasteiger partial charge in [0.15, 0.2) is 0 Å². The van der Waals surface area contributed by atoms with Crippen molar-refractivity contribution in [1.29, 1.82) is 0 Å². The van der Waals surface area contributed by atoms with E-state index in [9.17, 15) is 5.11 Å². The van der Waals surface area contributed by atoms with Crippen molar-refractivity contribution in [2.24, 2.45) is 0 Å². The van der Waals surface area contributed by atoms with Crippen LogP contribution in [0.25, 0.3) is 10.9 Å². The van der Waals surface area contributed by atoms with Gasteiger partial charge in [0, 0.05) is 36.2 Å². The molecule has 4 heteroatoms. The highest BCUT2D eigenvalue weighted by Gasteiger charge is 2.35. The van der Waals surface area contributed by atoms with Crippen molar-refractivity contribution in [3.05, 3.63) is 64.8 Å². The Hall–Kier alpha value is -2.30. The first-order valence-corrected chi connectivity index (χ1v) is 10.8. The molecule has 29 heavy (non-hydrogen) atoms. The van der Waals surface area contributed by atoms with Crippen LogP contribution in [0.5, 0.6) is 5.75 Å². The van der Waals surface area contributed by atoms with Crippen LogP contribution < -0.4 is 4.74 Å². The molecule has 2 aromatic carbocycles. The van der Waals surface area contributed by atoms with Crippen LogP contribution in [0.2, 0.25) is 0 Å². The lowest BCUT2D eigenvalue weighted by Crippen LogP contribution is -2.44. The van der Waals surface area contributed by atoms with E-state index in [0.29, 0.717) is 19.2 Å². The van der Waals surface area contributed by atoms with Gasteiger partial charge in [0.25, 0.3) is 0 Å². The number of nitrogens with zero attached hydrogens (tertiary/aromatic N) is 2. The summed E-state index contributed by atoms with van der Waals surface area (Å²) in [5, 5.41) is 12.1. The molecular weight excluding hydrogens is 360 g/mol. The van der Waals surface area contributed by atoms with Crippen molar-refractivity contribution in [2.45, 2.75) is 51.8 Å². The molecule has 2 atom stereocenters. The van der Waals surface area contributed by atoms with E-state index in [0.717, 1.165) is 24.4 Å². The molecule has 0 unspecified atom stereocenters. The average Bonchev–Trinajstić information content (AvgIpc) is 3.04. The van der Waals surface area contributed by atoms with E-state index in [4.69, 9.17) is 4.74 Å². The summed E-state index contributed by atoms with van der Waals surface area (Å²) in [6.07, 6.45) is 3.08. The summed E-state index contributed by atoms with van der Waals surface area (Å²) in [6, 6.07) is 15.3. The number of aliphatic hydroxyl groups excluding tert-OH is 1. The van der Waals surface area contributed by atoms with E-state index < -0.39 is 6.10 Å². The molecule has 1 N–H and O–H groups in total. The molecule has 0 spiro atoms. The summed E-state index contributed by atoms with van der Waals surface area (Å²) >= 11 is 0. The molecule has 3 aromatic rings. The van der Waals surface area contributed by atoms with Crippen LogP contribution in [0.15, 0.2) is 42.5 Å². The lowest BCUT2D eigenvalue weighted by atomic mass is 9.89. The topological polar surface area (TPSA) is 37.6 Å². The predicted molar refractivity (Wildman–Crippen MR) is 117 cm³/mol. The van der Waals surface area contributed by atoms with E-state index in [1.807, 2.05) is 31.2 Å². The van der Waals surface area contributed by atoms with Crippen molar-refractivity contribution in [3.8, 4) is 5.75 Å². The fourth-order valence-electron chi connectivity index (χ4n) is 5.24. The summed E-state index contributed by atoms with van der Waals surface area (Å²) in [6.45, 7) is 7.20. The SMILES string of the molecule is Cc1ccc2c(c1)c1c3n2CCN(C[C@@H](O)COc2ccccc2C)[C@H]3CCC1. The monoisotopic (exact) mass is 390 g/mol. The molecule has 2 aliphatic rings. The fraction of sp³-hybridized carbons (Fsp3) is 0.440. The van der Waals surface area contributed by atoms with Crippen LogP contribution in [0, 0.1) is 13.8 Å². The summed E-state index contributed by atoms with van der Waals surface area (Å²) in [5.74, 6) is 0.862. The molecule has 5 rings (SSSR count). The number of aryl methyl sites for hydroxylation is 3. The van der Waals surface area contributed by atoms with Crippen LogP contribution in [-0.2, 0) is 13.0 Å². The van der Waals surface area contributed by atoms with Crippen molar-refractivity contribution >= 4 is 10.9 Å². The molecule has 4 nitrogen and oxygen atoms in total. The molecule has 0 radical (unpaired) electrons. The minimum Gasteiger partial charge on any atom is -0.491 e. The Morgan fingerprint density at radius 2 is 2.00 bits per heavy atom. The Bertz CT molecular complexity index is 1040. The Morgan fingerprint density at radius 1 is 1.14 bits per heavy atom. The van der Waals surface area contributed by atoms with Gasteiger partial charge in [-0.3, -0.25) is 4.90 Å². The maximum absolute atomic E-state index is 10.7. The zero-order valence-corrected chi connectivity index (χ0v) is 17.4. The maximum Gasteiger partial charge on any atom is 0.122 e. The van der Waals surface area contributed by atoms with Crippen molar-refractivity contribution in [1.82, 2.24) is 9.47 Å². The molecule has 0 fully saturated rings. The lowest BCUT2D eigenvalue weighted by molar-refractivity contribution is 0.0373. The summed E-state index contributed by atoms with van der Waals surface area (Å²) in [7, 11) is 0. The van der Waals surface area contributed by atoms with E-state index >= 15 is 0 Å². The third-order valence-electron chi connectivity index (χ3n) is 6.61. The van der Waals surface area contributed by atoms with Gasteiger partial charge in [-0.2, -0.15) is 0 Å². The second-order valence-electron chi connectivity index (χ2n) is 8.67. The van der Waals surface area contributed by atoms with Gasteiger partial charge < -0.3 is 14.4 Å². The van der Waals surface area contributed by atoms with Gasteiger partial charge in [0.2, 0.25) is 0 Å². The third kappa shape index (κ3) is 3.34. The molecular formula is C25H30N2O2. The summed E-state index contributed by atoms with van der Waals surface area (Å²) in [5.41, 5.74) is 6.86. The van der Waals surface area contributed by atoms with Crippen LogP contribution in [-0.4, -0.2) is 40.4 Å². The summed E-state index contributed by atoms with van der Waals surface area (Å²) in [4.78, 5) is 2.48. The molecule has 2 heterocycles. The predicted octanol–water partition coefficient (Wildman–Crippen LogP) is 4.39. The van der Waals surface area contributed by atoms with Gasteiger partial charge in [-0.1, -0.05) is 29.8 Å². The average molecular weight is 391 g/mol. The van der Waals surface area contributed by atoms with Gasteiger partial charge in [0.1, 0.15) is 18.5 Å². The second-order valence-corrected chi connectivity index (χ2v) is 8.67. The molecule has 1 aliphatic carbocycles. The highest BCUT2D eigenvalue weighted by Crippen LogP contribution is 2.42. The number of β-amino-alcohol motifs (C(OH)–C–C–N with tert-alkyl or cyclic N) is 1. The second kappa shape index (κ2) is 7.51. The van der Waals surface area contributed by atoms with E-state index in [2.05, 4.69) is 34.6 Å². The van der Waals surface area contributed by atoms with E-state index in [1.165, 1.54) is 47.0 Å². The summed E-state index contributed by atoms with van der Waals surface area (Å²) < 4.78 is 8.44. The fourth-order valence-corrected chi connectivity index (χ4v) is 5.24. The van der Waals surface area contributed by atoms with Gasteiger partial charge >= 0.3 is 0 Å². The highest BCUT2D eigenvalue weighted by atomic mass is 16.5. The number of benzene rings is 2. The quantitative estimate of drug-likeness (QED) is 0.702. The minimum absolute atomic E-state index is 0.336. The Kier molecular flexibility index (Phi) is 4.84. The lowest BCUT2D eigenvalue weighted by Gasteiger charge is -2.40. The van der Waals surface area contributed by atoms with Crippen molar-refractivity contribution in [3.63, 3.8) is 0 Å². The first kappa shape index (κ1) is 18.7. The molecule has 1 aliphatic heterocycles. The molecule has 0 amide bonds. The maximum atomic E-state index is 10.7. The number of hydrogen-bond donors (Lipinski definition) is 1. The zero-order valence-electron chi connectivity index (χ0n) is 17.4. The number of para-hydroxylation sites is 1. The number of aliphatic hydroxyl groups is 1. The van der Waals surface area contributed by atoms with Crippen molar-refractivity contribution in [2.75, 3.05) is 19.7 Å². The van der Waals surface area contributed by atoms with Crippen LogP contribution in [0.4, 0.5) is 0 Å². The Labute approximate surface area is 172 Å². The first-order valence-electron chi connectivity index (χ1n) is 10.8. The molecule has 152 valence electrons. The number of fused-ring (bicyclic) bond motifs is 3. The number of hydrogen-bond acceptors (Lipinski definition) is 3. The Morgan fingerprint density at radius 3 is 2.86 bits per heavy atom. The van der Waals surface area contributed by atoms with Gasteiger partial charge in [-0.05, 0) is 62.4 Å². The number of ether oxygens (including phenoxy) is 1. The van der Waals surface area contributed by atoms with Gasteiger partial charge in [-0.25, -0.2) is 0 Å². The van der Waals surface area contributed by atoms with Crippen LogP contribution in [0.3, 0.4) is 0 Å². The molecule has 0 saturated heterocycles. The standard InChI is InChI=1S/C25H30N2O2/c1-17-10-11-22-21(14-17)20-7-5-8-23-25(20)27(22)13-12-26(23)15-19(28)16-29-24-9-4-3-6-18(24)2/h3-4,6,9-11,14,19,23,28H,5,7-8,12-13,15-16H2,1-2H3/t19-,23+/m1/s1. The van der Waals surface area contributed by atoms with Crippen LogP contribution in [0.1, 0.15) is 41.3 Å². The first-order chi connectivity index (χ1) is 14.1. The van der Waals surface area contributed by atoms with E-state index in [-0.39, 0.29) is 0 Å². The largest absolute Gasteiger partial charge is 0.491 e. The molecule has 1 aromatic heterocycles. The van der Waals surface area contributed by atoms with Gasteiger partial charge in [0.05, 0.1) is 6.04 Å². The highest BCUT2D eigenvalue weighted by molar-refractivity contribution is 5.87. The molecule has 0 bridgehead atoms. The van der Waals surface area contributed by atoms with E-state index in [1.54, 1.807) is 0 Å².